The minimum Gasteiger partial charge on any atom is -0.381 e. The van der Waals surface area contributed by atoms with Gasteiger partial charge in [0.05, 0.1) is 6.61 Å². The summed E-state index contributed by atoms with van der Waals surface area (Å²) in [5, 5.41) is 8.88. The number of urea groups is 1. The predicted molar refractivity (Wildman–Crippen MR) is 90.5 cm³/mol. The highest BCUT2D eigenvalue weighted by molar-refractivity contribution is 7.03. The first kappa shape index (κ1) is 15.9. The first-order chi connectivity index (χ1) is 11.3. The molecule has 0 aliphatic carbocycles. The molecule has 2 amide bonds. The molecule has 3 rings (SSSR count). The van der Waals surface area contributed by atoms with Crippen LogP contribution in [0.2, 0.25) is 0 Å². The van der Waals surface area contributed by atoms with Gasteiger partial charge in [-0.25, -0.2) is 4.79 Å². The van der Waals surface area contributed by atoms with Crippen molar-refractivity contribution in [2.75, 3.05) is 31.6 Å². The van der Waals surface area contributed by atoms with E-state index in [0.717, 1.165) is 49.7 Å². The number of carbonyl (C=O) groups is 1. The van der Waals surface area contributed by atoms with Crippen LogP contribution in [0.4, 0.5) is 10.5 Å². The van der Waals surface area contributed by atoms with Crippen LogP contribution in [0, 0.1) is 5.92 Å². The van der Waals surface area contributed by atoms with E-state index in [-0.39, 0.29) is 6.03 Å². The quantitative estimate of drug-likeness (QED) is 0.913. The van der Waals surface area contributed by atoms with E-state index in [4.69, 9.17) is 4.74 Å². The first-order valence-electron chi connectivity index (χ1n) is 7.77. The van der Waals surface area contributed by atoms with Crippen molar-refractivity contribution >= 4 is 23.3 Å². The molecule has 0 saturated carbocycles. The number of hydrogen-bond acceptors (Lipinski definition) is 5. The van der Waals surface area contributed by atoms with Crippen LogP contribution in [-0.4, -0.2) is 46.8 Å². The summed E-state index contributed by atoms with van der Waals surface area (Å²) in [5.74, 6) is 0.445. The number of hydrogen-bond donors (Lipinski definition) is 1. The fourth-order valence-corrected chi connectivity index (χ4v) is 3.12. The van der Waals surface area contributed by atoms with Crippen LogP contribution >= 0.6 is 11.5 Å². The lowest BCUT2D eigenvalue weighted by Gasteiger charge is -2.17. The van der Waals surface area contributed by atoms with Gasteiger partial charge in [0, 0.05) is 42.2 Å². The third kappa shape index (κ3) is 4.05. The van der Waals surface area contributed by atoms with Crippen molar-refractivity contribution in [3.8, 4) is 11.3 Å². The molecule has 122 valence electrons. The Labute approximate surface area is 139 Å². The van der Waals surface area contributed by atoms with Crippen LogP contribution in [0.25, 0.3) is 11.3 Å². The summed E-state index contributed by atoms with van der Waals surface area (Å²) >= 11 is 1.32. The third-order valence-corrected chi connectivity index (χ3v) is 4.43. The number of rotatable bonds is 5. The molecule has 0 unspecified atom stereocenters. The molecule has 1 atom stereocenters. The number of anilines is 1. The van der Waals surface area contributed by atoms with E-state index < -0.39 is 0 Å². The van der Waals surface area contributed by atoms with Gasteiger partial charge in [-0.05, 0) is 37.0 Å². The highest BCUT2D eigenvalue weighted by Gasteiger charge is 2.26. The molecule has 1 fully saturated rings. The standard InChI is InChI=1S/C16H20N4O2S/c1-2-22-10-12-7-8-20(9-12)16(21)17-14-5-3-13(4-6-14)15-11-23-19-18-15/h3-6,11-12H,2,7-10H2,1H3,(H,17,21)/t12-/m1/s1. The molecule has 6 nitrogen and oxygen atoms in total. The van der Waals surface area contributed by atoms with Crippen LogP contribution < -0.4 is 5.32 Å². The Balaban J connectivity index is 1.54. The maximum Gasteiger partial charge on any atom is 0.321 e. The van der Waals surface area contributed by atoms with Crippen molar-refractivity contribution in [1.29, 1.82) is 0 Å². The van der Waals surface area contributed by atoms with E-state index in [0.29, 0.717) is 5.92 Å². The van der Waals surface area contributed by atoms with E-state index >= 15 is 0 Å². The molecule has 1 aliphatic rings. The van der Waals surface area contributed by atoms with Gasteiger partial charge in [-0.1, -0.05) is 16.6 Å². The van der Waals surface area contributed by atoms with Gasteiger partial charge in [0.1, 0.15) is 5.69 Å². The fourth-order valence-electron chi connectivity index (χ4n) is 2.65. The lowest BCUT2D eigenvalue weighted by molar-refractivity contribution is 0.113. The molecule has 1 aliphatic heterocycles. The molecule has 23 heavy (non-hydrogen) atoms. The Bertz CT molecular complexity index is 630. The number of nitrogens with zero attached hydrogens (tertiary/aromatic N) is 3. The number of likely N-dealkylation sites (tertiary alicyclic amines) is 1. The Morgan fingerprint density at radius 2 is 2.26 bits per heavy atom. The monoisotopic (exact) mass is 332 g/mol. The molecular formula is C16H20N4O2S. The summed E-state index contributed by atoms with van der Waals surface area (Å²) in [4.78, 5) is 14.2. The van der Waals surface area contributed by atoms with Crippen LogP contribution in [0.1, 0.15) is 13.3 Å². The van der Waals surface area contributed by atoms with E-state index in [1.807, 2.05) is 41.5 Å². The topological polar surface area (TPSA) is 67.3 Å². The van der Waals surface area contributed by atoms with Crippen molar-refractivity contribution in [2.45, 2.75) is 13.3 Å². The summed E-state index contributed by atoms with van der Waals surface area (Å²) in [6, 6.07) is 7.61. The molecule has 0 bridgehead atoms. The summed E-state index contributed by atoms with van der Waals surface area (Å²) in [7, 11) is 0. The largest absolute Gasteiger partial charge is 0.381 e. The van der Waals surface area contributed by atoms with Gasteiger partial charge in [0.2, 0.25) is 0 Å². The van der Waals surface area contributed by atoms with Crippen molar-refractivity contribution in [1.82, 2.24) is 14.5 Å². The zero-order chi connectivity index (χ0) is 16.1. The maximum absolute atomic E-state index is 12.3. The highest BCUT2D eigenvalue weighted by atomic mass is 32.1. The van der Waals surface area contributed by atoms with Crippen LogP contribution in [0.3, 0.4) is 0 Å². The minimum absolute atomic E-state index is 0.0490. The minimum atomic E-state index is -0.0490. The van der Waals surface area contributed by atoms with Gasteiger partial charge in [0.15, 0.2) is 0 Å². The molecule has 1 aromatic carbocycles. The van der Waals surface area contributed by atoms with Crippen LogP contribution in [-0.2, 0) is 4.74 Å². The van der Waals surface area contributed by atoms with Crippen molar-refractivity contribution < 1.29 is 9.53 Å². The van der Waals surface area contributed by atoms with E-state index in [9.17, 15) is 4.79 Å². The molecule has 2 heterocycles. The lowest BCUT2D eigenvalue weighted by atomic mass is 10.1. The first-order valence-corrected chi connectivity index (χ1v) is 8.61. The average molecular weight is 332 g/mol. The second kappa shape index (κ2) is 7.52. The Morgan fingerprint density at radius 1 is 1.43 bits per heavy atom. The lowest BCUT2D eigenvalue weighted by Crippen LogP contribution is -2.33. The molecule has 1 saturated heterocycles. The number of nitrogens with one attached hydrogen (secondary N) is 1. The summed E-state index contributed by atoms with van der Waals surface area (Å²) in [6.07, 6.45) is 1.00. The van der Waals surface area contributed by atoms with Crippen molar-refractivity contribution in [3.05, 3.63) is 29.6 Å². The summed E-state index contributed by atoms with van der Waals surface area (Å²) in [5.41, 5.74) is 2.64. The Morgan fingerprint density at radius 3 is 2.96 bits per heavy atom. The molecule has 0 spiro atoms. The van der Waals surface area contributed by atoms with Gasteiger partial charge < -0.3 is 15.0 Å². The molecule has 0 radical (unpaired) electrons. The van der Waals surface area contributed by atoms with Gasteiger partial charge in [-0.3, -0.25) is 0 Å². The third-order valence-electron chi connectivity index (χ3n) is 3.92. The molecule has 1 N–H and O–H groups in total. The summed E-state index contributed by atoms with van der Waals surface area (Å²) in [6.45, 7) is 4.99. The molecule has 7 heteroatoms. The van der Waals surface area contributed by atoms with Crippen LogP contribution in [0.15, 0.2) is 29.6 Å². The molecule has 2 aromatic rings. The van der Waals surface area contributed by atoms with Crippen molar-refractivity contribution in [2.24, 2.45) is 5.92 Å². The van der Waals surface area contributed by atoms with E-state index in [2.05, 4.69) is 14.9 Å². The second-order valence-corrected chi connectivity index (χ2v) is 6.17. The predicted octanol–water partition coefficient (Wildman–Crippen LogP) is 3.10. The zero-order valence-corrected chi connectivity index (χ0v) is 13.9. The van der Waals surface area contributed by atoms with Gasteiger partial charge >= 0.3 is 6.03 Å². The van der Waals surface area contributed by atoms with Gasteiger partial charge in [0.25, 0.3) is 0 Å². The van der Waals surface area contributed by atoms with Crippen molar-refractivity contribution in [3.63, 3.8) is 0 Å². The maximum atomic E-state index is 12.3. The number of amides is 2. The Kier molecular flexibility index (Phi) is 5.19. The highest BCUT2D eigenvalue weighted by Crippen LogP contribution is 2.21. The number of carbonyl (C=O) groups excluding carboxylic acids is 1. The van der Waals surface area contributed by atoms with E-state index in [1.54, 1.807) is 0 Å². The van der Waals surface area contributed by atoms with Gasteiger partial charge in [-0.15, -0.1) is 5.10 Å². The number of benzene rings is 1. The zero-order valence-electron chi connectivity index (χ0n) is 13.1. The number of ether oxygens (including phenoxy) is 1. The number of aromatic nitrogens is 2. The fraction of sp³-hybridized carbons (Fsp3) is 0.438. The smallest absolute Gasteiger partial charge is 0.321 e. The molecule has 1 aromatic heterocycles. The SMILES string of the molecule is CCOC[C@@H]1CCN(C(=O)Nc2ccc(-c3csnn3)cc2)C1. The second-order valence-electron chi connectivity index (χ2n) is 5.56. The average Bonchev–Trinajstić information content (AvgIpc) is 3.25. The van der Waals surface area contributed by atoms with Gasteiger partial charge in [-0.2, -0.15) is 0 Å². The summed E-state index contributed by atoms with van der Waals surface area (Å²) < 4.78 is 9.30. The van der Waals surface area contributed by atoms with E-state index in [1.165, 1.54) is 11.5 Å². The normalized spacial score (nSPS) is 17.4. The van der Waals surface area contributed by atoms with Crippen LogP contribution in [0.5, 0.6) is 0 Å². The Hall–Kier alpha value is -1.99. The molecular weight excluding hydrogens is 312 g/mol.